The van der Waals surface area contributed by atoms with Crippen LogP contribution >= 0.6 is 22.7 Å². The molecule has 2 aromatic carbocycles. The lowest BCUT2D eigenvalue weighted by Crippen LogP contribution is -2.14. The van der Waals surface area contributed by atoms with Gasteiger partial charge in [0.2, 0.25) is 0 Å². The Morgan fingerprint density at radius 2 is 1.54 bits per heavy atom. The zero-order valence-electron chi connectivity index (χ0n) is 13.0. The van der Waals surface area contributed by atoms with E-state index in [9.17, 15) is 0 Å². The Kier molecular flexibility index (Phi) is 4.40. The largest absolute Gasteiger partial charge is 0.319 e. The highest BCUT2D eigenvalue weighted by Gasteiger charge is 2.07. The summed E-state index contributed by atoms with van der Waals surface area (Å²) in [6, 6.07) is 24.9. The second-order valence-electron chi connectivity index (χ2n) is 5.42. The van der Waals surface area contributed by atoms with Crippen molar-refractivity contribution in [3.63, 3.8) is 0 Å². The van der Waals surface area contributed by atoms with E-state index in [1.54, 1.807) is 22.7 Å². The van der Waals surface area contributed by atoms with Crippen LogP contribution < -0.4 is 4.80 Å². The Bertz CT molecular complexity index is 965. The molecule has 4 aromatic rings. The number of para-hydroxylation sites is 1. The molecule has 0 N–H and O–H groups in total. The maximum absolute atomic E-state index is 4.85. The van der Waals surface area contributed by atoms with Crippen LogP contribution in [-0.2, 0) is 6.54 Å². The monoisotopic (exact) mass is 348 g/mol. The van der Waals surface area contributed by atoms with Crippen molar-refractivity contribution in [1.29, 1.82) is 0 Å². The Labute approximate surface area is 149 Å². The number of benzene rings is 2. The molecule has 0 saturated heterocycles. The molecule has 0 saturated carbocycles. The molecule has 0 amide bonds. The Morgan fingerprint density at radius 3 is 2.25 bits per heavy atom. The first kappa shape index (κ1) is 15.1. The number of nitrogens with zero attached hydrogens (tertiary/aromatic N) is 2. The van der Waals surface area contributed by atoms with E-state index in [0.29, 0.717) is 0 Å². The minimum absolute atomic E-state index is 0.828. The van der Waals surface area contributed by atoms with Crippen LogP contribution in [0.1, 0.15) is 5.56 Å². The number of thiazole rings is 1. The van der Waals surface area contributed by atoms with Crippen molar-refractivity contribution >= 4 is 28.4 Å². The molecule has 0 unspecified atom stereocenters. The fraction of sp³-hybridized carbons (Fsp3) is 0.0500. The highest BCUT2D eigenvalue weighted by molar-refractivity contribution is 7.20. The van der Waals surface area contributed by atoms with Gasteiger partial charge in [0.1, 0.15) is 0 Å². The van der Waals surface area contributed by atoms with Gasteiger partial charge >= 0.3 is 0 Å². The first-order valence-electron chi connectivity index (χ1n) is 7.76. The molecule has 4 heteroatoms. The molecule has 0 aliphatic heterocycles. The number of rotatable bonds is 4. The van der Waals surface area contributed by atoms with Crippen molar-refractivity contribution in [2.24, 2.45) is 4.99 Å². The average Bonchev–Trinajstić information content (AvgIpc) is 3.27. The van der Waals surface area contributed by atoms with Gasteiger partial charge in [0.05, 0.1) is 10.6 Å². The predicted octanol–water partition coefficient (Wildman–Crippen LogP) is 5.56. The van der Waals surface area contributed by atoms with E-state index in [4.69, 9.17) is 4.99 Å². The lowest BCUT2D eigenvalue weighted by molar-refractivity contribution is 0.771. The van der Waals surface area contributed by atoms with Crippen LogP contribution in [0.2, 0.25) is 0 Å². The number of thiophene rings is 1. The van der Waals surface area contributed by atoms with Gasteiger partial charge in [-0.1, -0.05) is 65.9 Å². The maximum atomic E-state index is 4.85. The maximum Gasteiger partial charge on any atom is 0.190 e. The topological polar surface area (TPSA) is 17.3 Å². The minimum atomic E-state index is 0.828. The molecular weight excluding hydrogens is 332 g/mol. The highest BCUT2D eigenvalue weighted by atomic mass is 32.1. The predicted molar refractivity (Wildman–Crippen MR) is 103 cm³/mol. The molecule has 4 rings (SSSR count). The van der Waals surface area contributed by atoms with Gasteiger partial charge in [-0.25, -0.2) is 4.99 Å². The Balaban J connectivity index is 1.80. The van der Waals surface area contributed by atoms with E-state index in [2.05, 4.69) is 52.5 Å². The van der Waals surface area contributed by atoms with Crippen LogP contribution in [0.25, 0.3) is 9.75 Å². The van der Waals surface area contributed by atoms with Crippen LogP contribution in [0.15, 0.2) is 89.4 Å². The summed E-state index contributed by atoms with van der Waals surface area (Å²) in [7, 11) is 0. The smallest absolute Gasteiger partial charge is 0.190 e. The van der Waals surface area contributed by atoms with Gasteiger partial charge in [0, 0.05) is 17.6 Å². The second-order valence-corrected chi connectivity index (χ2v) is 7.37. The summed E-state index contributed by atoms with van der Waals surface area (Å²) in [4.78, 5) is 8.42. The van der Waals surface area contributed by atoms with Gasteiger partial charge in [0.15, 0.2) is 4.80 Å². The molecule has 0 radical (unpaired) electrons. The lowest BCUT2D eigenvalue weighted by atomic mass is 10.2. The van der Waals surface area contributed by atoms with Crippen LogP contribution in [0.3, 0.4) is 0 Å². The standard InChI is InChI=1S/C20H16N2S2/c1-3-8-16(9-4-1)14-22-15-19(18-12-7-13-23-18)24-20(22)21-17-10-5-2-6-11-17/h1-13,15H,14H2/b21-20+. The third-order valence-electron chi connectivity index (χ3n) is 3.66. The van der Waals surface area contributed by atoms with E-state index in [-0.39, 0.29) is 0 Å². The van der Waals surface area contributed by atoms with Crippen molar-refractivity contribution in [1.82, 2.24) is 4.57 Å². The summed E-state index contributed by atoms with van der Waals surface area (Å²) < 4.78 is 2.24. The van der Waals surface area contributed by atoms with Gasteiger partial charge in [-0.05, 0) is 29.1 Å². The molecule has 0 aliphatic rings. The van der Waals surface area contributed by atoms with E-state index in [0.717, 1.165) is 17.0 Å². The highest BCUT2D eigenvalue weighted by Crippen LogP contribution is 2.27. The van der Waals surface area contributed by atoms with Crippen LogP contribution in [-0.4, -0.2) is 4.57 Å². The van der Waals surface area contributed by atoms with Gasteiger partial charge in [-0.15, -0.1) is 11.3 Å². The molecule has 2 nitrogen and oxygen atoms in total. The fourth-order valence-corrected chi connectivity index (χ4v) is 4.34. The van der Waals surface area contributed by atoms with Crippen LogP contribution in [0.4, 0.5) is 5.69 Å². The fourth-order valence-electron chi connectivity index (χ4n) is 2.51. The summed E-state index contributed by atoms with van der Waals surface area (Å²) in [6.07, 6.45) is 2.21. The van der Waals surface area contributed by atoms with Crippen LogP contribution in [0.5, 0.6) is 0 Å². The Hall–Kier alpha value is -2.43. The van der Waals surface area contributed by atoms with Crippen LogP contribution in [0, 0.1) is 0 Å². The van der Waals surface area contributed by atoms with Crippen molar-refractivity contribution < 1.29 is 0 Å². The van der Waals surface area contributed by atoms with E-state index >= 15 is 0 Å². The molecule has 24 heavy (non-hydrogen) atoms. The summed E-state index contributed by atoms with van der Waals surface area (Å²) in [5, 5.41) is 2.12. The third kappa shape index (κ3) is 3.40. The number of hydrogen-bond donors (Lipinski definition) is 0. The van der Waals surface area contributed by atoms with Gasteiger partial charge in [-0.3, -0.25) is 0 Å². The molecule has 0 bridgehead atoms. The molecular formula is C20H16N2S2. The van der Waals surface area contributed by atoms with Crippen molar-refractivity contribution in [3.05, 3.63) is 94.7 Å². The first-order chi connectivity index (χ1) is 11.9. The average molecular weight is 348 g/mol. The summed E-state index contributed by atoms with van der Waals surface area (Å²) in [5.74, 6) is 0. The summed E-state index contributed by atoms with van der Waals surface area (Å²) in [6.45, 7) is 0.828. The number of aromatic nitrogens is 1. The summed E-state index contributed by atoms with van der Waals surface area (Å²) >= 11 is 3.50. The number of hydrogen-bond acceptors (Lipinski definition) is 3. The van der Waals surface area contributed by atoms with Crippen molar-refractivity contribution in [2.75, 3.05) is 0 Å². The quantitative estimate of drug-likeness (QED) is 0.459. The van der Waals surface area contributed by atoms with Gasteiger partial charge in [-0.2, -0.15) is 0 Å². The summed E-state index contributed by atoms with van der Waals surface area (Å²) in [5.41, 5.74) is 2.27. The Morgan fingerprint density at radius 1 is 0.792 bits per heavy atom. The normalized spacial score (nSPS) is 11.8. The zero-order valence-corrected chi connectivity index (χ0v) is 14.6. The van der Waals surface area contributed by atoms with E-state index < -0.39 is 0 Å². The molecule has 0 aliphatic carbocycles. The van der Waals surface area contributed by atoms with Crippen molar-refractivity contribution in [2.45, 2.75) is 6.54 Å². The lowest BCUT2D eigenvalue weighted by Gasteiger charge is -2.03. The molecule has 2 aromatic heterocycles. The second kappa shape index (κ2) is 6.99. The van der Waals surface area contributed by atoms with Crippen molar-refractivity contribution in [3.8, 4) is 9.75 Å². The van der Waals surface area contributed by atoms with Gasteiger partial charge < -0.3 is 4.57 Å². The first-order valence-corrected chi connectivity index (χ1v) is 9.46. The SMILES string of the molecule is c1ccc(Cn2cc(-c3cccs3)s/c2=N/c2ccccc2)cc1. The molecule has 0 fully saturated rings. The molecule has 0 spiro atoms. The minimum Gasteiger partial charge on any atom is -0.319 e. The zero-order chi connectivity index (χ0) is 16.2. The van der Waals surface area contributed by atoms with E-state index in [1.165, 1.54) is 15.3 Å². The molecule has 118 valence electrons. The van der Waals surface area contributed by atoms with E-state index in [1.807, 2.05) is 36.4 Å². The molecule has 2 heterocycles. The molecule has 0 atom stereocenters. The third-order valence-corrected chi connectivity index (χ3v) is 5.75. The van der Waals surface area contributed by atoms with Gasteiger partial charge in [0.25, 0.3) is 0 Å².